The molecule has 2 rings (SSSR count). The normalized spacial score (nSPS) is 10.4. The van der Waals surface area contributed by atoms with Gasteiger partial charge in [-0.05, 0) is 49.1 Å². The maximum atomic E-state index is 13.7. The Morgan fingerprint density at radius 3 is 2.65 bits per heavy atom. The largest absolute Gasteiger partial charge is 0.319 e. The first-order valence-electron chi connectivity index (χ1n) is 5.92. The Bertz CT molecular complexity index is 660. The van der Waals surface area contributed by atoms with Crippen LogP contribution < -0.4 is 5.32 Å². The Morgan fingerprint density at radius 2 is 2.00 bits per heavy atom. The molecule has 0 saturated heterocycles. The van der Waals surface area contributed by atoms with Crippen LogP contribution in [0.2, 0.25) is 5.02 Å². The molecule has 0 aliphatic rings. The second-order valence-electron chi connectivity index (χ2n) is 4.28. The molecule has 104 valence electrons. The van der Waals surface area contributed by atoms with Crippen molar-refractivity contribution >= 4 is 35.0 Å². The fraction of sp³-hybridized carbons (Fsp3) is 0.133. The molecule has 1 amide bonds. The number of anilines is 1. The molecule has 0 atom stereocenters. The number of aryl methyl sites for hydroxylation is 1. The number of carbonyl (C=O) groups excluding carboxylic acids is 1. The van der Waals surface area contributed by atoms with Gasteiger partial charge < -0.3 is 5.32 Å². The molecule has 2 aromatic rings. The summed E-state index contributed by atoms with van der Waals surface area (Å²) in [7, 11) is 0. The van der Waals surface area contributed by atoms with Gasteiger partial charge in [-0.1, -0.05) is 17.7 Å². The summed E-state index contributed by atoms with van der Waals surface area (Å²) in [4.78, 5) is 13.1. The van der Waals surface area contributed by atoms with Gasteiger partial charge in [0.1, 0.15) is 5.82 Å². The molecular weight excluding hydrogens is 297 g/mol. The zero-order chi connectivity index (χ0) is 14.7. The van der Waals surface area contributed by atoms with Crippen molar-refractivity contribution in [1.82, 2.24) is 0 Å². The highest BCUT2D eigenvalue weighted by Gasteiger charge is 2.13. The SMILES string of the molecule is CSc1ccc(Cl)c(C(=O)Nc2ccc(C)cc2F)c1. The van der Waals surface area contributed by atoms with Crippen molar-refractivity contribution in [2.24, 2.45) is 0 Å². The van der Waals surface area contributed by atoms with Crippen LogP contribution in [-0.2, 0) is 0 Å². The van der Waals surface area contributed by atoms with Gasteiger partial charge in [0.05, 0.1) is 16.3 Å². The van der Waals surface area contributed by atoms with Crippen molar-refractivity contribution in [1.29, 1.82) is 0 Å². The topological polar surface area (TPSA) is 29.1 Å². The molecule has 0 heterocycles. The van der Waals surface area contributed by atoms with E-state index in [4.69, 9.17) is 11.6 Å². The summed E-state index contributed by atoms with van der Waals surface area (Å²) >= 11 is 7.52. The standard InChI is InChI=1S/C15H13ClFNOS/c1-9-3-6-14(13(17)7-9)18-15(19)11-8-10(20-2)4-5-12(11)16/h3-8H,1-2H3,(H,18,19). The van der Waals surface area contributed by atoms with E-state index in [0.29, 0.717) is 10.6 Å². The summed E-state index contributed by atoms with van der Waals surface area (Å²) in [5, 5.41) is 2.88. The Balaban J connectivity index is 2.28. The molecule has 20 heavy (non-hydrogen) atoms. The van der Waals surface area contributed by atoms with E-state index >= 15 is 0 Å². The lowest BCUT2D eigenvalue weighted by Crippen LogP contribution is -2.13. The summed E-state index contributed by atoms with van der Waals surface area (Å²) in [5.41, 5.74) is 1.27. The van der Waals surface area contributed by atoms with Crippen molar-refractivity contribution in [3.05, 3.63) is 58.4 Å². The molecule has 5 heteroatoms. The highest BCUT2D eigenvalue weighted by atomic mass is 35.5. The fourth-order valence-electron chi connectivity index (χ4n) is 1.72. The second kappa shape index (κ2) is 6.29. The van der Waals surface area contributed by atoms with E-state index in [2.05, 4.69) is 5.32 Å². The fourth-order valence-corrected chi connectivity index (χ4v) is 2.36. The van der Waals surface area contributed by atoms with Gasteiger partial charge >= 0.3 is 0 Å². The van der Waals surface area contributed by atoms with Crippen LogP contribution in [0, 0.1) is 12.7 Å². The number of halogens is 2. The summed E-state index contributed by atoms with van der Waals surface area (Å²) in [6.45, 7) is 1.79. The molecule has 0 bridgehead atoms. The van der Waals surface area contributed by atoms with Crippen LogP contribution in [0.4, 0.5) is 10.1 Å². The molecule has 0 spiro atoms. The first-order chi connectivity index (χ1) is 9.51. The van der Waals surface area contributed by atoms with Crippen molar-refractivity contribution in [3.8, 4) is 0 Å². The minimum absolute atomic E-state index is 0.145. The third-order valence-corrected chi connectivity index (χ3v) is 3.85. The number of carbonyl (C=O) groups is 1. The van der Waals surface area contributed by atoms with Crippen LogP contribution >= 0.6 is 23.4 Å². The van der Waals surface area contributed by atoms with Crippen molar-refractivity contribution < 1.29 is 9.18 Å². The van der Waals surface area contributed by atoms with Gasteiger partial charge in [0, 0.05) is 4.90 Å². The smallest absolute Gasteiger partial charge is 0.257 e. The Morgan fingerprint density at radius 1 is 1.25 bits per heavy atom. The van der Waals surface area contributed by atoms with Crippen LogP contribution in [0.1, 0.15) is 15.9 Å². The lowest BCUT2D eigenvalue weighted by atomic mass is 10.2. The highest BCUT2D eigenvalue weighted by molar-refractivity contribution is 7.98. The number of amides is 1. The van der Waals surface area contributed by atoms with E-state index in [9.17, 15) is 9.18 Å². The third kappa shape index (κ3) is 3.32. The average molecular weight is 310 g/mol. The predicted octanol–water partition coefficient (Wildman–Crippen LogP) is 4.76. The van der Waals surface area contributed by atoms with E-state index < -0.39 is 11.7 Å². The first kappa shape index (κ1) is 14.9. The summed E-state index contributed by atoms with van der Waals surface area (Å²) in [5.74, 6) is -0.885. The number of hydrogen-bond donors (Lipinski definition) is 1. The summed E-state index contributed by atoms with van der Waals surface area (Å²) < 4.78 is 13.7. The quantitative estimate of drug-likeness (QED) is 0.828. The van der Waals surface area contributed by atoms with Gasteiger partial charge in [-0.2, -0.15) is 0 Å². The van der Waals surface area contributed by atoms with E-state index in [1.165, 1.54) is 23.9 Å². The van der Waals surface area contributed by atoms with Gasteiger partial charge in [0.2, 0.25) is 0 Å². The van der Waals surface area contributed by atoms with Crippen LogP contribution in [0.25, 0.3) is 0 Å². The Labute approximate surface area is 126 Å². The Hall–Kier alpha value is -1.52. The lowest BCUT2D eigenvalue weighted by molar-refractivity contribution is 0.102. The average Bonchev–Trinajstić information content (AvgIpc) is 2.42. The molecule has 0 aliphatic heterocycles. The van der Waals surface area contributed by atoms with Crippen LogP contribution in [0.3, 0.4) is 0 Å². The van der Waals surface area contributed by atoms with Crippen molar-refractivity contribution in [2.75, 3.05) is 11.6 Å². The first-order valence-corrected chi connectivity index (χ1v) is 7.52. The number of hydrogen-bond acceptors (Lipinski definition) is 2. The Kier molecular flexibility index (Phi) is 4.68. The second-order valence-corrected chi connectivity index (χ2v) is 5.57. The molecule has 0 aromatic heterocycles. The van der Waals surface area contributed by atoms with E-state index in [1.807, 2.05) is 12.3 Å². The minimum Gasteiger partial charge on any atom is -0.319 e. The number of nitrogens with one attached hydrogen (secondary N) is 1. The van der Waals surface area contributed by atoms with E-state index in [-0.39, 0.29) is 5.69 Å². The zero-order valence-electron chi connectivity index (χ0n) is 11.0. The molecule has 0 fully saturated rings. The molecule has 2 aromatic carbocycles. The molecule has 0 unspecified atom stereocenters. The van der Waals surface area contributed by atoms with Crippen LogP contribution in [0.5, 0.6) is 0 Å². The van der Waals surface area contributed by atoms with Crippen LogP contribution in [-0.4, -0.2) is 12.2 Å². The monoisotopic (exact) mass is 309 g/mol. The summed E-state index contributed by atoms with van der Waals surface area (Å²) in [6, 6.07) is 9.82. The number of benzene rings is 2. The van der Waals surface area contributed by atoms with Gasteiger partial charge in [0.15, 0.2) is 0 Å². The van der Waals surface area contributed by atoms with E-state index in [0.717, 1.165) is 10.5 Å². The highest BCUT2D eigenvalue weighted by Crippen LogP contribution is 2.24. The van der Waals surface area contributed by atoms with Gasteiger partial charge in [-0.15, -0.1) is 11.8 Å². The number of rotatable bonds is 3. The van der Waals surface area contributed by atoms with Crippen molar-refractivity contribution in [3.63, 3.8) is 0 Å². The van der Waals surface area contributed by atoms with Gasteiger partial charge in [-0.25, -0.2) is 4.39 Å². The van der Waals surface area contributed by atoms with Gasteiger partial charge in [0.25, 0.3) is 5.91 Å². The number of thioether (sulfide) groups is 1. The summed E-state index contributed by atoms with van der Waals surface area (Å²) in [6.07, 6.45) is 1.91. The predicted molar refractivity (Wildman–Crippen MR) is 82.3 cm³/mol. The maximum absolute atomic E-state index is 13.7. The zero-order valence-corrected chi connectivity index (χ0v) is 12.6. The molecule has 0 saturated carbocycles. The molecule has 0 aliphatic carbocycles. The van der Waals surface area contributed by atoms with Crippen LogP contribution in [0.15, 0.2) is 41.3 Å². The maximum Gasteiger partial charge on any atom is 0.257 e. The molecular formula is C15H13ClFNOS. The van der Waals surface area contributed by atoms with Crippen molar-refractivity contribution in [2.45, 2.75) is 11.8 Å². The third-order valence-electron chi connectivity index (χ3n) is 2.79. The lowest BCUT2D eigenvalue weighted by Gasteiger charge is -2.09. The molecule has 1 N–H and O–H groups in total. The van der Waals surface area contributed by atoms with Gasteiger partial charge in [-0.3, -0.25) is 4.79 Å². The van der Waals surface area contributed by atoms with E-state index in [1.54, 1.807) is 25.1 Å². The molecule has 0 radical (unpaired) electrons. The minimum atomic E-state index is -0.463. The molecule has 2 nitrogen and oxygen atoms in total.